The number of rotatable bonds is 8. The SMILES string of the molecule is CN(CCOC(F)F)CCc1c[nH]c2ccc(C3CCOC3)cc12. The van der Waals surface area contributed by atoms with Gasteiger partial charge in [0, 0.05) is 42.7 Å². The van der Waals surface area contributed by atoms with Crippen molar-refractivity contribution in [2.24, 2.45) is 0 Å². The molecule has 0 bridgehead atoms. The fourth-order valence-corrected chi connectivity index (χ4v) is 3.17. The molecule has 3 rings (SSSR count). The maximum Gasteiger partial charge on any atom is 0.345 e. The van der Waals surface area contributed by atoms with Gasteiger partial charge in [0.05, 0.1) is 13.2 Å². The van der Waals surface area contributed by atoms with Gasteiger partial charge in [-0.2, -0.15) is 8.78 Å². The maximum atomic E-state index is 12.0. The number of likely N-dealkylation sites (N-methyl/N-ethyl adjacent to an activating group) is 1. The molecule has 4 nitrogen and oxygen atoms in total. The van der Waals surface area contributed by atoms with Crippen LogP contribution < -0.4 is 0 Å². The molecule has 1 N–H and O–H groups in total. The monoisotopic (exact) mass is 338 g/mol. The normalized spacial score (nSPS) is 18.3. The van der Waals surface area contributed by atoms with Crippen LogP contribution in [0.15, 0.2) is 24.4 Å². The van der Waals surface area contributed by atoms with E-state index in [9.17, 15) is 8.78 Å². The second-order valence-corrected chi connectivity index (χ2v) is 6.36. The Morgan fingerprint density at radius 1 is 1.38 bits per heavy atom. The van der Waals surface area contributed by atoms with Gasteiger partial charge in [0.2, 0.25) is 0 Å². The molecule has 1 aliphatic heterocycles. The molecule has 0 aliphatic carbocycles. The second kappa shape index (κ2) is 8.05. The summed E-state index contributed by atoms with van der Waals surface area (Å²) in [7, 11) is 1.92. The number of halogens is 2. The first-order chi connectivity index (χ1) is 11.6. The molecule has 2 heterocycles. The molecule has 0 radical (unpaired) electrons. The molecule has 1 saturated heterocycles. The summed E-state index contributed by atoms with van der Waals surface area (Å²) in [5, 5.41) is 1.25. The fraction of sp³-hybridized carbons (Fsp3) is 0.556. The van der Waals surface area contributed by atoms with E-state index in [1.807, 2.05) is 18.1 Å². The molecule has 0 spiro atoms. The molecule has 0 amide bonds. The Hall–Kier alpha value is -1.50. The highest BCUT2D eigenvalue weighted by molar-refractivity contribution is 5.84. The van der Waals surface area contributed by atoms with Crippen LogP contribution in [0.25, 0.3) is 10.9 Å². The van der Waals surface area contributed by atoms with Crippen LogP contribution in [0.1, 0.15) is 23.5 Å². The van der Waals surface area contributed by atoms with E-state index in [-0.39, 0.29) is 6.61 Å². The third-order valence-electron chi connectivity index (χ3n) is 4.67. The molecule has 2 aromatic rings. The maximum absolute atomic E-state index is 12.0. The van der Waals surface area contributed by atoms with Gasteiger partial charge >= 0.3 is 6.61 Å². The van der Waals surface area contributed by atoms with E-state index in [1.54, 1.807) is 0 Å². The van der Waals surface area contributed by atoms with E-state index in [4.69, 9.17) is 4.74 Å². The Bertz CT molecular complexity index is 654. The number of alkyl halides is 2. The minimum absolute atomic E-state index is 0.0495. The fourth-order valence-electron chi connectivity index (χ4n) is 3.17. The molecule has 1 unspecified atom stereocenters. The summed E-state index contributed by atoms with van der Waals surface area (Å²) in [6.45, 7) is 0.304. The minimum atomic E-state index is -2.69. The van der Waals surface area contributed by atoms with Crippen molar-refractivity contribution in [1.29, 1.82) is 0 Å². The van der Waals surface area contributed by atoms with Crippen molar-refractivity contribution in [1.82, 2.24) is 9.88 Å². The smallest absolute Gasteiger partial charge is 0.345 e. The van der Waals surface area contributed by atoms with Gasteiger partial charge in [-0.25, -0.2) is 0 Å². The van der Waals surface area contributed by atoms with Gasteiger partial charge in [-0.3, -0.25) is 0 Å². The third kappa shape index (κ3) is 4.32. The lowest BCUT2D eigenvalue weighted by Crippen LogP contribution is -2.26. The number of nitrogens with one attached hydrogen (secondary N) is 1. The zero-order chi connectivity index (χ0) is 16.9. The molecule has 1 aromatic heterocycles. The lowest BCUT2D eigenvalue weighted by atomic mass is 9.96. The van der Waals surface area contributed by atoms with Gasteiger partial charge < -0.3 is 19.4 Å². The van der Waals surface area contributed by atoms with Crippen LogP contribution in [0.5, 0.6) is 0 Å². The average Bonchev–Trinajstić information content (AvgIpc) is 3.22. The Kier molecular flexibility index (Phi) is 5.81. The summed E-state index contributed by atoms with van der Waals surface area (Å²) in [6, 6.07) is 6.57. The largest absolute Gasteiger partial charge is 0.381 e. The average molecular weight is 338 g/mol. The van der Waals surface area contributed by atoms with Crippen LogP contribution in [-0.4, -0.2) is 56.5 Å². The molecular formula is C18H24F2N2O2. The van der Waals surface area contributed by atoms with Gasteiger partial charge in [0.15, 0.2) is 0 Å². The zero-order valence-corrected chi connectivity index (χ0v) is 13.9. The molecule has 1 aliphatic rings. The lowest BCUT2D eigenvalue weighted by Gasteiger charge is -2.16. The third-order valence-corrected chi connectivity index (χ3v) is 4.67. The van der Waals surface area contributed by atoms with Crippen molar-refractivity contribution in [2.45, 2.75) is 25.4 Å². The minimum Gasteiger partial charge on any atom is -0.381 e. The van der Waals surface area contributed by atoms with Gasteiger partial charge in [-0.15, -0.1) is 0 Å². The second-order valence-electron chi connectivity index (χ2n) is 6.36. The number of H-pyrrole nitrogens is 1. The van der Waals surface area contributed by atoms with E-state index in [0.717, 1.165) is 38.1 Å². The van der Waals surface area contributed by atoms with Crippen LogP contribution in [0.2, 0.25) is 0 Å². The van der Waals surface area contributed by atoms with E-state index >= 15 is 0 Å². The Balaban J connectivity index is 1.60. The number of aromatic nitrogens is 1. The number of hydrogen-bond acceptors (Lipinski definition) is 3. The summed E-state index contributed by atoms with van der Waals surface area (Å²) in [5.74, 6) is 0.492. The van der Waals surface area contributed by atoms with E-state index < -0.39 is 6.61 Å². The van der Waals surface area contributed by atoms with Crippen LogP contribution in [0.4, 0.5) is 8.78 Å². The van der Waals surface area contributed by atoms with Crippen LogP contribution in [0.3, 0.4) is 0 Å². The first-order valence-electron chi connectivity index (χ1n) is 8.39. The van der Waals surface area contributed by atoms with E-state index in [0.29, 0.717) is 12.5 Å². The van der Waals surface area contributed by atoms with Crippen LogP contribution in [-0.2, 0) is 15.9 Å². The van der Waals surface area contributed by atoms with Gasteiger partial charge in [0.25, 0.3) is 0 Å². The standard InChI is InChI=1S/C18H24F2N2O2/c1-22(7-9-24-18(19)20)6-4-14-11-21-17-3-2-13(10-16(14)17)15-5-8-23-12-15/h2-3,10-11,15,18,21H,4-9,12H2,1H3. The molecule has 0 saturated carbocycles. The summed E-state index contributed by atoms with van der Waals surface area (Å²) in [4.78, 5) is 5.32. The highest BCUT2D eigenvalue weighted by atomic mass is 19.3. The molecule has 132 valence electrons. The Labute approximate surface area is 140 Å². The van der Waals surface area contributed by atoms with E-state index in [1.165, 1.54) is 16.5 Å². The molecule has 1 aromatic carbocycles. The van der Waals surface area contributed by atoms with Gasteiger partial charge in [-0.1, -0.05) is 6.07 Å². The number of hydrogen-bond donors (Lipinski definition) is 1. The van der Waals surface area contributed by atoms with Crippen molar-refractivity contribution in [2.75, 3.05) is 40.0 Å². The number of nitrogens with zero attached hydrogens (tertiary/aromatic N) is 1. The number of fused-ring (bicyclic) bond motifs is 1. The predicted molar refractivity (Wildman–Crippen MR) is 89.6 cm³/mol. The summed E-state index contributed by atoms with van der Waals surface area (Å²) in [6.07, 6.45) is 4.00. The Morgan fingerprint density at radius 3 is 3.00 bits per heavy atom. The number of benzene rings is 1. The molecule has 1 atom stereocenters. The van der Waals surface area contributed by atoms with Gasteiger partial charge in [-0.05, 0) is 43.1 Å². The van der Waals surface area contributed by atoms with Crippen molar-refractivity contribution in [3.05, 3.63) is 35.5 Å². The summed E-state index contributed by atoms with van der Waals surface area (Å²) >= 11 is 0. The molecular weight excluding hydrogens is 314 g/mol. The van der Waals surface area contributed by atoms with E-state index in [2.05, 4.69) is 27.9 Å². The van der Waals surface area contributed by atoms with Crippen molar-refractivity contribution >= 4 is 10.9 Å². The summed E-state index contributed by atoms with van der Waals surface area (Å²) in [5.41, 5.74) is 3.73. The highest BCUT2D eigenvalue weighted by Crippen LogP contribution is 2.29. The van der Waals surface area contributed by atoms with Crippen molar-refractivity contribution < 1.29 is 18.3 Å². The van der Waals surface area contributed by atoms with Crippen molar-refractivity contribution in [3.8, 4) is 0 Å². The predicted octanol–water partition coefficient (Wildman–Crippen LogP) is 3.39. The molecule has 24 heavy (non-hydrogen) atoms. The number of aromatic amines is 1. The van der Waals surface area contributed by atoms with Gasteiger partial charge in [0.1, 0.15) is 0 Å². The summed E-state index contributed by atoms with van der Waals surface area (Å²) < 4.78 is 33.8. The molecule has 1 fully saturated rings. The van der Waals surface area contributed by atoms with Crippen molar-refractivity contribution in [3.63, 3.8) is 0 Å². The topological polar surface area (TPSA) is 37.5 Å². The first-order valence-corrected chi connectivity index (χ1v) is 8.39. The van der Waals surface area contributed by atoms with Crippen LogP contribution >= 0.6 is 0 Å². The quantitative estimate of drug-likeness (QED) is 0.802. The lowest BCUT2D eigenvalue weighted by molar-refractivity contribution is -0.131. The Morgan fingerprint density at radius 2 is 2.25 bits per heavy atom. The van der Waals surface area contributed by atoms with Crippen LogP contribution in [0, 0.1) is 0 Å². The number of ether oxygens (including phenoxy) is 2. The first kappa shape index (κ1) is 17.3. The highest BCUT2D eigenvalue weighted by Gasteiger charge is 2.18. The zero-order valence-electron chi connectivity index (χ0n) is 13.9. The molecule has 6 heteroatoms.